The molecule has 1 aromatic heterocycles. The molecule has 0 spiro atoms. The van der Waals surface area contributed by atoms with Crippen molar-refractivity contribution in [3.63, 3.8) is 0 Å². The van der Waals surface area contributed by atoms with Gasteiger partial charge in [0.15, 0.2) is 5.13 Å². The Hall–Kier alpha value is -1.34. The van der Waals surface area contributed by atoms with E-state index in [1.54, 1.807) is 0 Å². The summed E-state index contributed by atoms with van der Waals surface area (Å²) in [4.78, 5) is 18.9. The standard InChI is InChI=1S/C13H25N5OS/c1-5-9(3)18(4)8-7-16-12(19)10-11(14)17-13(20-10)15-6-2/h9H,5-8,14H2,1-4H3,(H,15,17)(H,16,19). The van der Waals surface area contributed by atoms with Crippen LogP contribution in [0.25, 0.3) is 0 Å². The number of aromatic nitrogens is 1. The van der Waals surface area contributed by atoms with E-state index in [9.17, 15) is 4.79 Å². The van der Waals surface area contributed by atoms with Crippen LogP contribution in [0, 0.1) is 0 Å². The highest BCUT2D eigenvalue weighted by atomic mass is 32.1. The lowest BCUT2D eigenvalue weighted by molar-refractivity contribution is 0.0952. The number of amides is 1. The smallest absolute Gasteiger partial charge is 0.265 e. The second-order valence-corrected chi connectivity index (χ2v) is 5.76. The molecule has 0 fully saturated rings. The van der Waals surface area contributed by atoms with Crippen LogP contribution in [0.2, 0.25) is 0 Å². The second kappa shape index (κ2) is 8.06. The lowest BCUT2D eigenvalue weighted by Crippen LogP contribution is -2.37. The molecule has 1 rings (SSSR count). The monoisotopic (exact) mass is 299 g/mol. The van der Waals surface area contributed by atoms with Gasteiger partial charge in [-0.25, -0.2) is 4.98 Å². The lowest BCUT2D eigenvalue weighted by Gasteiger charge is -2.23. The molecule has 0 bridgehead atoms. The minimum Gasteiger partial charge on any atom is -0.382 e. The molecular weight excluding hydrogens is 274 g/mol. The van der Waals surface area contributed by atoms with E-state index in [0.717, 1.165) is 19.5 Å². The third-order valence-corrected chi connectivity index (χ3v) is 4.31. The Morgan fingerprint density at radius 2 is 2.20 bits per heavy atom. The van der Waals surface area contributed by atoms with Gasteiger partial charge in [0.1, 0.15) is 10.7 Å². The number of carbonyl (C=O) groups excluding carboxylic acids is 1. The van der Waals surface area contributed by atoms with Gasteiger partial charge in [-0.3, -0.25) is 4.79 Å². The number of nitrogens with one attached hydrogen (secondary N) is 2. The second-order valence-electron chi connectivity index (χ2n) is 4.76. The van der Waals surface area contributed by atoms with E-state index in [1.165, 1.54) is 11.3 Å². The first kappa shape index (κ1) is 16.7. The topological polar surface area (TPSA) is 83.3 Å². The van der Waals surface area contributed by atoms with Crippen LogP contribution in [0.15, 0.2) is 0 Å². The van der Waals surface area contributed by atoms with Gasteiger partial charge >= 0.3 is 0 Å². The maximum Gasteiger partial charge on any atom is 0.265 e. The fourth-order valence-corrected chi connectivity index (χ4v) is 2.55. The minimum atomic E-state index is -0.151. The van der Waals surface area contributed by atoms with E-state index in [-0.39, 0.29) is 5.91 Å². The van der Waals surface area contributed by atoms with E-state index in [4.69, 9.17) is 5.73 Å². The third-order valence-electron chi connectivity index (χ3n) is 3.28. The van der Waals surface area contributed by atoms with E-state index in [1.807, 2.05) is 6.92 Å². The third kappa shape index (κ3) is 4.64. The molecule has 1 atom stereocenters. The van der Waals surface area contributed by atoms with Gasteiger partial charge in [-0.05, 0) is 27.3 Å². The van der Waals surface area contributed by atoms with Crippen molar-refractivity contribution in [2.24, 2.45) is 0 Å². The Morgan fingerprint density at radius 3 is 2.80 bits per heavy atom. The maximum absolute atomic E-state index is 12.0. The van der Waals surface area contributed by atoms with Crippen LogP contribution in [-0.2, 0) is 0 Å². The first-order valence-corrected chi connectivity index (χ1v) is 7.79. The number of nitrogens with two attached hydrogens (primary N) is 1. The Bertz CT molecular complexity index is 434. The first-order valence-electron chi connectivity index (χ1n) is 6.98. The van der Waals surface area contributed by atoms with E-state index in [2.05, 4.69) is 41.4 Å². The zero-order valence-electron chi connectivity index (χ0n) is 12.7. The zero-order chi connectivity index (χ0) is 15.1. The number of hydrogen-bond acceptors (Lipinski definition) is 6. The van der Waals surface area contributed by atoms with Crippen molar-refractivity contribution >= 4 is 28.2 Å². The van der Waals surface area contributed by atoms with Gasteiger partial charge in [0.25, 0.3) is 5.91 Å². The summed E-state index contributed by atoms with van der Waals surface area (Å²) in [5, 5.41) is 6.63. The molecular formula is C13H25N5OS. The van der Waals surface area contributed by atoms with Gasteiger partial charge in [0.05, 0.1) is 0 Å². The molecule has 6 nitrogen and oxygen atoms in total. The Labute approximate surface area is 124 Å². The molecule has 0 saturated heterocycles. The van der Waals surface area contributed by atoms with Crippen molar-refractivity contribution in [3.05, 3.63) is 4.88 Å². The first-order chi connectivity index (χ1) is 9.49. The molecule has 1 heterocycles. The molecule has 0 saturated carbocycles. The van der Waals surface area contributed by atoms with Gasteiger partial charge < -0.3 is 21.3 Å². The number of thiazole rings is 1. The summed E-state index contributed by atoms with van der Waals surface area (Å²) < 4.78 is 0. The summed E-state index contributed by atoms with van der Waals surface area (Å²) in [6.45, 7) is 8.48. The average Bonchev–Trinajstić information content (AvgIpc) is 2.79. The highest BCUT2D eigenvalue weighted by molar-refractivity contribution is 7.18. The largest absolute Gasteiger partial charge is 0.382 e. The molecule has 1 unspecified atom stereocenters. The fraction of sp³-hybridized carbons (Fsp3) is 0.692. The summed E-state index contributed by atoms with van der Waals surface area (Å²) in [5.41, 5.74) is 5.76. The lowest BCUT2D eigenvalue weighted by atomic mass is 10.2. The van der Waals surface area contributed by atoms with Crippen molar-refractivity contribution in [3.8, 4) is 0 Å². The number of anilines is 2. The average molecular weight is 299 g/mol. The Kier molecular flexibility index (Phi) is 6.74. The Morgan fingerprint density at radius 1 is 1.50 bits per heavy atom. The minimum absolute atomic E-state index is 0.151. The fourth-order valence-electron chi connectivity index (χ4n) is 1.68. The van der Waals surface area contributed by atoms with Crippen molar-refractivity contribution in [1.82, 2.24) is 15.2 Å². The van der Waals surface area contributed by atoms with Crippen LogP contribution in [0.4, 0.5) is 10.9 Å². The van der Waals surface area contributed by atoms with Crippen molar-refractivity contribution < 1.29 is 4.79 Å². The predicted octanol–water partition coefficient (Wildman–Crippen LogP) is 1.62. The SMILES string of the molecule is CCNc1nc(N)c(C(=O)NCCN(C)C(C)CC)s1. The highest BCUT2D eigenvalue weighted by Gasteiger charge is 2.16. The van der Waals surface area contributed by atoms with Gasteiger partial charge in [-0.2, -0.15) is 0 Å². The van der Waals surface area contributed by atoms with Crippen LogP contribution >= 0.6 is 11.3 Å². The van der Waals surface area contributed by atoms with Crippen molar-refractivity contribution in [2.45, 2.75) is 33.2 Å². The molecule has 7 heteroatoms. The highest BCUT2D eigenvalue weighted by Crippen LogP contribution is 2.24. The molecule has 0 aliphatic carbocycles. The molecule has 20 heavy (non-hydrogen) atoms. The van der Waals surface area contributed by atoms with Crippen LogP contribution in [0.5, 0.6) is 0 Å². The molecule has 1 amide bonds. The van der Waals surface area contributed by atoms with Crippen LogP contribution in [0.3, 0.4) is 0 Å². The van der Waals surface area contributed by atoms with Crippen molar-refractivity contribution in [2.75, 3.05) is 37.7 Å². The van der Waals surface area contributed by atoms with E-state index >= 15 is 0 Å². The normalized spacial score (nSPS) is 12.4. The van der Waals surface area contributed by atoms with E-state index < -0.39 is 0 Å². The summed E-state index contributed by atoms with van der Waals surface area (Å²) >= 11 is 1.29. The number of carbonyl (C=O) groups is 1. The van der Waals surface area contributed by atoms with Crippen molar-refractivity contribution in [1.29, 1.82) is 0 Å². The number of nitrogens with zero attached hydrogens (tertiary/aromatic N) is 2. The molecule has 0 aliphatic heterocycles. The molecule has 0 radical (unpaired) electrons. The summed E-state index contributed by atoms with van der Waals surface area (Å²) in [6, 6.07) is 0.515. The van der Waals surface area contributed by atoms with Crippen LogP contribution < -0.4 is 16.4 Å². The van der Waals surface area contributed by atoms with Crippen LogP contribution in [-0.4, -0.2) is 48.5 Å². The van der Waals surface area contributed by atoms with Gasteiger partial charge in [-0.1, -0.05) is 18.3 Å². The molecule has 114 valence electrons. The van der Waals surface area contributed by atoms with Gasteiger partial charge in [-0.15, -0.1) is 0 Å². The summed E-state index contributed by atoms with van der Waals surface area (Å²) in [6.07, 6.45) is 1.10. The van der Waals surface area contributed by atoms with Gasteiger partial charge in [0, 0.05) is 25.7 Å². The van der Waals surface area contributed by atoms with Gasteiger partial charge in [0.2, 0.25) is 0 Å². The van der Waals surface area contributed by atoms with E-state index in [0.29, 0.717) is 28.4 Å². The number of likely N-dealkylation sites (N-methyl/N-ethyl adjacent to an activating group) is 1. The zero-order valence-corrected chi connectivity index (χ0v) is 13.5. The molecule has 1 aromatic rings. The molecule has 0 aromatic carbocycles. The molecule has 4 N–H and O–H groups in total. The summed E-state index contributed by atoms with van der Waals surface area (Å²) in [7, 11) is 2.06. The quantitative estimate of drug-likeness (QED) is 0.679. The number of hydrogen-bond donors (Lipinski definition) is 3. The number of nitrogen functional groups attached to an aromatic ring is 1. The Balaban J connectivity index is 2.47. The number of rotatable bonds is 8. The summed E-state index contributed by atoms with van der Waals surface area (Å²) in [5.74, 6) is 0.139. The van der Waals surface area contributed by atoms with Crippen LogP contribution in [0.1, 0.15) is 36.9 Å². The predicted molar refractivity (Wildman–Crippen MR) is 85.4 cm³/mol. The molecule has 0 aliphatic rings. The maximum atomic E-state index is 12.0.